The minimum absolute atomic E-state index is 0.370. The lowest BCUT2D eigenvalue weighted by atomic mass is 9.95. The zero-order valence-electron chi connectivity index (χ0n) is 21.7. The molecule has 0 aliphatic carbocycles. The maximum absolute atomic E-state index is 13.3. The number of carbonyl (C=O) groups excluding carboxylic acids is 2. The number of fused-ring (bicyclic) bond motifs is 2. The Balaban J connectivity index is 1.70. The smallest absolute Gasteiger partial charge is 0.259 e. The summed E-state index contributed by atoms with van der Waals surface area (Å²) in [6, 6.07) is 11.6. The zero-order valence-corrected chi connectivity index (χ0v) is 21.7. The molecule has 5 rings (SSSR count). The molecule has 1 aliphatic heterocycles. The number of rotatable bonds is 10. The standard InChI is InChI=1S/C29H32N4O4/c1-5-32(6-2)12-9-13-33-17-21(19-14-24(36-3)25(37-4)15-23(19)33)27-26(28(34)31-29(27)35)20-16-30-22-11-8-7-10-18(20)22/h7-8,10-11,14-17,30H,5-6,9,12-13H2,1-4H3,(H,31,34,35). The summed E-state index contributed by atoms with van der Waals surface area (Å²) in [5, 5.41) is 4.25. The summed E-state index contributed by atoms with van der Waals surface area (Å²) in [5.74, 6) is 0.383. The number of para-hydroxylation sites is 1. The van der Waals surface area contributed by atoms with Crippen molar-refractivity contribution in [1.82, 2.24) is 19.8 Å². The number of methoxy groups -OCH3 is 2. The number of aromatic nitrogens is 2. The van der Waals surface area contributed by atoms with Crippen LogP contribution in [0, 0.1) is 0 Å². The number of aromatic amines is 1. The van der Waals surface area contributed by atoms with E-state index in [1.54, 1.807) is 20.4 Å². The molecule has 192 valence electrons. The van der Waals surface area contributed by atoms with E-state index in [0.29, 0.717) is 33.8 Å². The molecule has 3 heterocycles. The molecule has 4 aromatic rings. The van der Waals surface area contributed by atoms with E-state index < -0.39 is 11.8 Å². The Bertz CT molecular complexity index is 1520. The summed E-state index contributed by atoms with van der Waals surface area (Å²) in [7, 11) is 3.20. The van der Waals surface area contributed by atoms with Gasteiger partial charge in [-0.15, -0.1) is 0 Å². The topological polar surface area (TPSA) is 88.6 Å². The molecule has 2 N–H and O–H groups in total. The van der Waals surface area contributed by atoms with Crippen molar-refractivity contribution in [3.8, 4) is 11.5 Å². The number of ether oxygens (including phenoxy) is 2. The van der Waals surface area contributed by atoms with Gasteiger partial charge in [0.15, 0.2) is 11.5 Å². The summed E-state index contributed by atoms with van der Waals surface area (Å²) in [5.41, 5.74) is 3.97. The summed E-state index contributed by atoms with van der Waals surface area (Å²) in [6.07, 6.45) is 4.72. The molecule has 8 heteroatoms. The number of benzene rings is 2. The molecule has 0 bridgehead atoms. The van der Waals surface area contributed by atoms with Crippen molar-refractivity contribution in [2.45, 2.75) is 26.8 Å². The molecule has 0 fully saturated rings. The SMILES string of the molecule is CCN(CC)CCCn1cc(C2=C(c3c[nH]c4ccccc34)C(=O)NC2=O)c2cc(OC)c(OC)cc21. The number of aryl methyl sites for hydroxylation is 1. The molecule has 0 radical (unpaired) electrons. The van der Waals surface area contributed by atoms with Gasteiger partial charge in [0, 0.05) is 52.4 Å². The second-order valence-electron chi connectivity index (χ2n) is 9.12. The third-order valence-corrected chi connectivity index (χ3v) is 7.21. The average Bonchev–Trinajstić information content (AvgIpc) is 3.58. The quantitative estimate of drug-likeness (QED) is 0.314. The largest absolute Gasteiger partial charge is 0.493 e. The van der Waals surface area contributed by atoms with Gasteiger partial charge in [-0.1, -0.05) is 32.0 Å². The first kappa shape index (κ1) is 24.6. The van der Waals surface area contributed by atoms with Crippen LogP contribution in [0.25, 0.3) is 33.0 Å². The fraction of sp³-hybridized carbons (Fsp3) is 0.310. The molecular weight excluding hydrogens is 468 g/mol. The maximum Gasteiger partial charge on any atom is 0.259 e. The van der Waals surface area contributed by atoms with Crippen LogP contribution >= 0.6 is 0 Å². The summed E-state index contributed by atoms with van der Waals surface area (Å²) < 4.78 is 13.3. The van der Waals surface area contributed by atoms with Crippen LogP contribution < -0.4 is 14.8 Å². The van der Waals surface area contributed by atoms with Crippen molar-refractivity contribution in [2.24, 2.45) is 0 Å². The highest BCUT2D eigenvalue weighted by molar-refractivity contribution is 6.50. The third kappa shape index (κ3) is 4.27. The molecule has 0 atom stereocenters. The number of carbonyl (C=O) groups is 2. The molecular formula is C29H32N4O4. The van der Waals surface area contributed by atoms with Crippen LogP contribution in [0.4, 0.5) is 0 Å². The van der Waals surface area contributed by atoms with Crippen LogP contribution in [-0.4, -0.2) is 60.1 Å². The fourth-order valence-corrected chi connectivity index (χ4v) is 5.25. The highest BCUT2D eigenvalue weighted by Gasteiger charge is 2.35. The van der Waals surface area contributed by atoms with Crippen LogP contribution in [0.15, 0.2) is 48.8 Å². The predicted octanol–water partition coefficient (Wildman–Crippen LogP) is 4.44. The van der Waals surface area contributed by atoms with E-state index in [9.17, 15) is 9.59 Å². The van der Waals surface area contributed by atoms with Gasteiger partial charge in [0.25, 0.3) is 11.8 Å². The fourth-order valence-electron chi connectivity index (χ4n) is 5.25. The number of imide groups is 1. The van der Waals surface area contributed by atoms with Crippen LogP contribution in [0.5, 0.6) is 11.5 Å². The Kier molecular flexibility index (Phi) is 6.76. The van der Waals surface area contributed by atoms with Crippen LogP contribution in [-0.2, 0) is 16.1 Å². The Morgan fingerprint density at radius 2 is 1.57 bits per heavy atom. The van der Waals surface area contributed by atoms with Crippen molar-refractivity contribution in [2.75, 3.05) is 33.9 Å². The van der Waals surface area contributed by atoms with E-state index in [4.69, 9.17) is 9.47 Å². The maximum atomic E-state index is 13.3. The van der Waals surface area contributed by atoms with Crippen molar-refractivity contribution in [3.63, 3.8) is 0 Å². The Hall–Kier alpha value is -4.04. The highest BCUT2D eigenvalue weighted by Crippen LogP contribution is 2.41. The number of H-pyrrole nitrogens is 1. The minimum Gasteiger partial charge on any atom is -0.493 e. The summed E-state index contributed by atoms with van der Waals surface area (Å²) in [6.45, 7) is 8.06. The van der Waals surface area contributed by atoms with Gasteiger partial charge in [-0.25, -0.2) is 0 Å². The molecule has 37 heavy (non-hydrogen) atoms. The molecule has 8 nitrogen and oxygen atoms in total. The number of nitrogens with one attached hydrogen (secondary N) is 2. The second kappa shape index (κ2) is 10.1. The molecule has 0 saturated heterocycles. The van der Waals surface area contributed by atoms with Gasteiger partial charge in [-0.3, -0.25) is 14.9 Å². The normalized spacial score (nSPS) is 13.9. The van der Waals surface area contributed by atoms with Crippen LogP contribution in [0.1, 0.15) is 31.4 Å². The predicted molar refractivity (Wildman–Crippen MR) is 146 cm³/mol. The van der Waals surface area contributed by atoms with Gasteiger partial charge in [0.2, 0.25) is 0 Å². The summed E-state index contributed by atoms with van der Waals surface area (Å²) in [4.78, 5) is 32.0. The van der Waals surface area contributed by atoms with Crippen molar-refractivity contribution >= 4 is 44.8 Å². The molecule has 0 unspecified atom stereocenters. The van der Waals surface area contributed by atoms with E-state index in [1.165, 1.54) is 0 Å². The highest BCUT2D eigenvalue weighted by atomic mass is 16.5. The van der Waals surface area contributed by atoms with Gasteiger partial charge < -0.3 is 23.9 Å². The molecule has 1 aliphatic rings. The molecule has 2 amide bonds. The van der Waals surface area contributed by atoms with E-state index >= 15 is 0 Å². The lowest BCUT2D eigenvalue weighted by Crippen LogP contribution is -2.24. The van der Waals surface area contributed by atoms with Gasteiger partial charge >= 0.3 is 0 Å². The Morgan fingerprint density at radius 1 is 0.892 bits per heavy atom. The minimum atomic E-state index is -0.401. The average molecular weight is 501 g/mol. The molecule has 2 aromatic carbocycles. The number of hydrogen-bond acceptors (Lipinski definition) is 5. The van der Waals surface area contributed by atoms with E-state index in [2.05, 4.69) is 33.6 Å². The Morgan fingerprint density at radius 3 is 2.27 bits per heavy atom. The van der Waals surface area contributed by atoms with E-state index in [0.717, 1.165) is 54.4 Å². The zero-order chi connectivity index (χ0) is 26.1. The van der Waals surface area contributed by atoms with Crippen LogP contribution in [0.2, 0.25) is 0 Å². The summed E-state index contributed by atoms with van der Waals surface area (Å²) >= 11 is 0. The number of hydrogen-bond donors (Lipinski definition) is 2. The van der Waals surface area contributed by atoms with Crippen molar-refractivity contribution in [3.05, 3.63) is 59.9 Å². The van der Waals surface area contributed by atoms with Crippen molar-refractivity contribution < 1.29 is 19.1 Å². The molecule has 0 spiro atoms. The first-order valence-electron chi connectivity index (χ1n) is 12.6. The van der Waals surface area contributed by atoms with Gasteiger partial charge in [-0.05, 0) is 38.2 Å². The molecule has 2 aromatic heterocycles. The lowest BCUT2D eigenvalue weighted by molar-refractivity contribution is -0.122. The Labute approximate surface area is 215 Å². The van der Waals surface area contributed by atoms with Gasteiger partial charge in [0.1, 0.15) is 0 Å². The van der Waals surface area contributed by atoms with Crippen molar-refractivity contribution in [1.29, 1.82) is 0 Å². The lowest BCUT2D eigenvalue weighted by Gasteiger charge is -2.18. The van der Waals surface area contributed by atoms with Gasteiger partial charge in [-0.2, -0.15) is 0 Å². The van der Waals surface area contributed by atoms with Gasteiger partial charge in [0.05, 0.1) is 30.9 Å². The first-order valence-corrected chi connectivity index (χ1v) is 12.6. The number of nitrogens with zero attached hydrogens (tertiary/aromatic N) is 2. The molecule has 0 saturated carbocycles. The van der Waals surface area contributed by atoms with E-state index in [1.807, 2.05) is 42.6 Å². The third-order valence-electron chi connectivity index (χ3n) is 7.21. The monoisotopic (exact) mass is 500 g/mol. The van der Waals surface area contributed by atoms with E-state index in [-0.39, 0.29) is 0 Å². The van der Waals surface area contributed by atoms with Crippen LogP contribution in [0.3, 0.4) is 0 Å². The number of amides is 2. The second-order valence-corrected chi connectivity index (χ2v) is 9.12. The first-order chi connectivity index (χ1) is 18.0.